The molecule has 7 heteroatoms. The summed E-state index contributed by atoms with van der Waals surface area (Å²) in [4.78, 5) is 38.0. The Hall–Kier alpha value is -3.19. The first kappa shape index (κ1) is 19.6. The molecule has 3 aromatic rings. The largest absolute Gasteiger partial charge is 0.450 e. The number of nitrogens with one attached hydrogen (secondary N) is 2. The lowest BCUT2D eigenvalue weighted by Crippen LogP contribution is -2.32. The Morgan fingerprint density at radius 3 is 2.46 bits per heavy atom. The summed E-state index contributed by atoms with van der Waals surface area (Å²) in [5.41, 5.74) is 1.49. The van der Waals surface area contributed by atoms with E-state index in [0.29, 0.717) is 16.1 Å². The number of rotatable bonds is 4. The molecule has 28 heavy (non-hydrogen) atoms. The van der Waals surface area contributed by atoms with Crippen LogP contribution in [0.15, 0.2) is 42.5 Å². The number of amides is 3. The summed E-state index contributed by atoms with van der Waals surface area (Å²) in [6.07, 6.45) is -0.818. The summed E-state index contributed by atoms with van der Waals surface area (Å²) in [5.74, 6) is -0.920. The van der Waals surface area contributed by atoms with E-state index < -0.39 is 12.0 Å². The number of anilines is 1. The summed E-state index contributed by atoms with van der Waals surface area (Å²) in [7, 11) is 0. The number of carbonyl (C=O) groups excluding carboxylic acids is 3. The van der Waals surface area contributed by atoms with E-state index in [1.807, 2.05) is 43.3 Å². The van der Waals surface area contributed by atoms with Crippen LogP contribution >= 0.6 is 11.3 Å². The number of hydrogen-bond acceptors (Lipinski definition) is 5. The average molecular weight is 396 g/mol. The number of imide groups is 1. The van der Waals surface area contributed by atoms with Crippen molar-refractivity contribution in [2.45, 2.75) is 20.8 Å². The van der Waals surface area contributed by atoms with Crippen molar-refractivity contribution in [1.29, 1.82) is 0 Å². The highest BCUT2D eigenvalue weighted by Crippen LogP contribution is 2.33. The molecule has 0 unspecified atom stereocenters. The third kappa shape index (κ3) is 3.89. The van der Waals surface area contributed by atoms with Crippen LogP contribution < -0.4 is 10.6 Å². The summed E-state index contributed by atoms with van der Waals surface area (Å²) >= 11 is 1.29. The van der Waals surface area contributed by atoms with Gasteiger partial charge in [0.15, 0.2) is 0 Å². The van der Waals surface area contributed by atoms with E-state index in [9.17, 15) is 14.4 Å². The number of fused-ring (bicyclic) bond motifs is 1. The zero-order valence-electron chi connectivity index (χ0n) is 15.8. The van der Waals surface area contributed by atoms with Crippen LogP contribution in [-0.4, -0.2) is 24.5 Å². The molecule has 0 atom stereocenters. The maximum absolute atomic E-state index is 12.9. The molecule has 2 N–H and O–H groups in total. The average Bonchev–Trinajstić information content (AvgIpc) is 2.94. The topological polar surface area (TPSA) is 84.5 Å². The van der Waals surface area contributed by atoms with Crippen LogP contribution in [0.4, 0.5) is 9.80 Å². The normalized spacial score (nSPS) is 10.5. The van der Waals surface area contributed by atoms with Crippen LogP contribution in [-0.2, 0) is 4.74 Å². The minimum atomic E-state index is -0.818. The zero-order chi connectivity index (χ0) is 20.3. The number of ether oxygens (including phenoxy) is 1. The highest BCUT2D eigenvalue weighted by molar-refractivity contribution is 7.16. The Balaban J connectivity index is 1.92. The first-order valence-electron chi connectivity index (χ1n) is 8.79. The second kappa shape index (κ2) is 8.22. The molecule has 0 spiro atoms. The maximum Gasteiger partial charge on any atom is 0.414 e. The monoisotopic (exact) mass is 396 g/mol. The number of benzene rings is 2. The lowest BCUT2D eigenvalue weighted by Gasteiger charge is -2.09. The molecule has 0 saturated heterocycles. The van der Waals surface area contributed by atoms with Gasteiger partial charge in [-0.2, -0.15) is 0 Å². The van der Waals surface area contributed by atoms with Gasteiger partial charge in [-0.05, 0) is 43.2 Å². The third-order valence-electron chi connectivity index (χ3n) is 4.36. The van der Waals surface area contributed by atoms with Crippen LogP contribution in [0.1, 0.15) is 38.1 Å². The minimum Gasteiger partial charge on any atom is -0.450 e. The smallest absolute Gasteiger partial charge is 0.414 e. The third-order valence-corrected chi connectivity index (χ3v) is 5.49. The van der Waals surface area contributed by atoms with E-state index in [-0.39, 0.29) is 18.1 Å². The number of alkyl carbamates (subject to hydrolysis) is 1. The number of aryl methyl sites for hydroxylation is 1. The van der Waals surface area contributed by atoms with E-state index in [1.54, 1.807) is 19.9 Å². The quantitative estimate of drug-likeness (QED) is 0.672. The number of hydrogen-bond donors (Lipinski definition) is 2. The fourth-order valence-electron chi connectivity index (χ4n) is 2.90. The highest BCUT2D eigenvalue weighted by atomic mass is 32.1. The summed E-state index contributed by atoms with van der Waals surface area (Å²) < 4.78 is 4.76. The van der Waals surface area contributed by atoms with Crippen molar-refractivity contribution in [2.75, 3.05) is 11.9 Å². The second-order valence-corrected chi connectivity index (χ2v) is 7.37. The molecule has 144 valence electrons. The van der Waals surface area contributed by atoms with Crippen molar-refractivity contribution >= 4 is 45.0 Å². The van der Waals surface area contributed by atoms with E-state index in [4.69, 9.17) is 4.74 Å². The fraction of sp³-hybridized carbons (Fsp3) is 0.190. The molecule has 0 saturated carbocycles. The SMILES string of the molecule is CCOC(=O)NC(=O)c1c(NC(=O)c2cccc3ccccc23)sc(C)c1C. The Bertz CT molecular complexity index is 1070. The van der Waals surface area contributed by atoms with Gasteiger partial charge in [-0.15, -0.1) is 11.3 Å². The van der Waals surface area contributed by atoms with Crippen LogP contribution in [0, 0.1) is 13.8 Å². The Labute approximate surface area is 166 Å². The van der Waals surface area contributed by atoms with Crippen LogP contribution in [0.3, 0.4) is 0 Å². The van der Waals surface area contributed by atoms with Crippen LogP contribution in [0.5, 0.6) is 0 Å². The van der Waals surface area contributed by atoms with Gasteiger partial charge in [0.2, 0.25) is 0 Å². The van der Waals surface area contributed by atoms with Gasteiger partial charge >= 0.3 is 6.09 Å². The molecule has 0 fully saturated rings. The lowest BCUT2D eigenvalue weighted by atomic mass is 10.0. The number of carbonyl (C=O) groups is 3. The molecule has 0 aliphatic rings. The van der Waals surface area contributed by atoms with Crippen LogP contribution in [0.25, 0.3) is 10.8 Å². The number of thiophene rings is 1. The summed E-state index contributed by atoms with van der Waals surface area (Å²) in [6, 6.07) is 13.1. The predicted molar refractivity (Wildman–Crippen MR) is 110 cm³/mol. The highest BCUT2D eigenvalue weighted by Gasteiger charge is 2.23. The molecule has 6 nitrogen and oxygen atoms in total. The van der Waals surface area contributed by atoms with E-state index in [2.05, 4.69) is 10.6 Å². The predicted octanol–water partition coefficient (Wildman–Crippen LogP) is 4.66. The molecule has 2 aromatic carbocycles. The molecule has 3 rings (SSSR count). The van der Waals surface area contributed by atoms with Gasteiger partial charge in [-0.1, -0.05) is 36.4 Å². The molecule has 0 bridgehead atoms. The van der Waals surface area contributed by atoms with E-state index in [1.165, 1.54) is 11.3 Å². The second-order valence-electron chi connectivity index (χ2n) is 6.14. The molecular formula is C21H20N2O4S. The molecular weight excluding hydrogens is 376 g/mol. The molecule has 1 heterocycles. The molecule has 0 aliphatic heterocycles. The van der Waals surface area contributed by atoms with Gasteiger partial charge in [0.25, 0.3) is 11.8 Å². The van der Waals surface area contributed by atoms with Gasteiger partial charge in [0, 0.05) is 10.4 Å². The first-order chi connectivity index (χ1) is 13.4. The molecule has 0 radical (unpaired) electrons. The van der Waals surface area contributed by atoms with Crippen molar-refractivity contribution in [1.82, 2.24) is 5.32 Å². The first-order valence-corrected chi connectivity index (χ1v) is 9.61. The van der Waals surface area contributed by atoms with E-state index in [0.717, 1.165) is 15.6 Å². The summed E-state index contributed by atoms with van der Waals surface area (Å²) in [5, 5.41) is 7.20. The van der Waals surface area contributed by atoms with Crippen molar-refractivity contribution in [3.05, 3.63) is 64.0 Å². The molecule has 0 aliphatic carbocycles. The lowest BCUT2D eigenvalue weighted by molar-refractivity contribution is 0.0925. The molecule has 3 amide bonds. The standard InChI is InChI=1S/C21H20N2O4S/c1-4-27-21(26)23-19(25)17-12(2)13(3)28-20(17)22-18(24)16-11-7-9-14-8-5-6-10-15(14)16/h5-11H,4H2,1-3H3,(H,22,24)(H,23,25,26). The summed E-state index contributed by atoms with van der Waals surface area (Å²) in [6.45, 7) is 5.44. The van der Waals surface area contributed by atoms with Crippen molar-refractivity contribution in [2.24, 2.45) is 0 Å². The fourth-order valence-corrected chi connectivity index (χ4v) is 3.96. The van der Waals surface area contributed by atoms with Crippen molar-refractivity contribution in [3.63, 3.8) is 0 Å². The minimum absolute atomic E-state index is 0.158. The zero-order valence-corrected chi connectivity index (χ0v) is 16.6. The maximum atomic E-state index is 12.9. The van der Waals surface area contributed by atoms with Gasteiger partial charge in [0.1, 0.15) is 5.00 Å². The van der Waals surface area contributed by atoms with Crippen molar-refractivity contribution in [3.8, 4) is 0 Å². The van der Waals surface area contributed by atoms with Gasteiger partial charge in [-0.3, -0.25) is 14.9 Å². The van der Waals surface area contributed by atoms with Crippen molar-refractivity contribution < 1.29 is 19.1 Å². The Morgan fingerprint density at radius 2 is 1.71 bits per heavy atom. The van der Waals surface area contributed by atoms with Gasteiger partial charge < -0.3 is 10.1 Å². The van der Waals surface area contributed by atoms with Crippen LogP contribution in [0.2, 0.25) is 0 Å². The van der Waals surface area contributed by atoms with Gasteiger partial charge in [0.05, 0.1) is 12.2 Å². The Kier molecular flexibility index (Phi) is 5.75. The van der Waals surface area contributed by atoms with Gasteiger partial charge in [-0.25, -0.2) is 4.79 Å². The van der Waals surface area contributed by atoms with E-state index >= 15 is 0 Å². The molecule has 1 aromatic heterocycles. The Morgan fingerprint density at radius 1 is 1.00 bits per heavy atom.